The molecule has 7 heteroatoms. The summed E-state index contributed by atoms with van der Waals surface area (Å²) in [7, 11) is 0. The summed E-state index contributed by atoms with van der Waals surface area (Å²) in [4.78, 5) is 20.0. The molecule has 3 heterocycles. The molecule has 1 atom stereocenters. The third-order valence-corrected chi connectivity index (χ3v) is 7.66. The molecule has 0 saturated heterocycles. The predicted molar refractivity (Wildman–Crippen MR) is 118 cm³/mol. The van der Waals surface area contributed by atoms with Crippen molar-refractivity contribution >= 4 is 44.7 Å². The minimum Gasteiger partial charge on any atom is -0.293 e. The number of aromatic nitrogens is 4. The normalized spacial score (nSPS) is 16.4. The van der Waals surface area contributed by atoms with Crippen molar-refractivity contribution in [2.45, 2.75) is 44.7 Å². The summed E-state index contributed by atoms with van der Waals surface area (Å²) in [5.41, 5.74) is 3.03. The summed E-state index contributed by atoms with van der Waals surface area (Å²) in [5, 5.41) is 10.9. The van der Waals surface area contributed by atoms with E-state index in [4.69, 9.17) is 4.98 Å². The Morgan fingerprint density at radius 2 is 2.10 bits per heavy atom. The molecule has 1 aliphatic carbocycles. The zero-order valence-corrected chi connectivity index (χ0v) is 18.1. The van der Waals surface area contributed by atoms with Crippen LogP contribution in [-0.4, -0.2) is 31.1 Å². The monoisotopic (exact) mass is 422 g/mol. The number of carbonyl (C=O) groups excluding carboxylic acids is 1. The Bertz CT molecular complexity index is 1210. The molecule has 148 valence electrons. The molecule has 1 aliphatic rings. The van der Waals surface area contributed by atoms with E-state index < -0.39 is 0 Å². The number of carbonyl (C=O) groups is 1. The van der Waals surface area contributed by atoms with Gasteiger partial charge in [0.2, 0.25) is 0 Å². The van der Waals surface area contributed by atoms with Crippen molar-refractivity contribution in [3.05, 3.63) is 52.2 Å². The first-order chi connectivity index (χ1) is 14.2. The number of ketones is 1. The van der Waals surface area contributed by atoms with E-state index in [2.05, 4.69) is 28.4 Å². The Morgan fingerprint density at radius 3 is 2.90 bits per heavy atom. The third-order valence-electron chi connectivity index (χ3n) is 5.58. The van der Waals surface area contributed by atoms with Gasteiger partial charge in [-0.2, -0.15) is 0 Å². The zero-order valence-electron chi connectivity index (χ0n) is 16.5. The molecule has 4 aromatic rings. The van der Waals surface area contributed by atoms with Crippen LogP contribution < -0.4 is 0 Å². The summed E-state index contributed by atoms with van der Waals surface area (Å²) in [6.45, 7) is 4.43. The van der Waals surface area contributed by atoms with Crippen LogP contribution in [0.2, 0.25) is 0 Å². The number of nitrogens with zero attached hydrogens (tertiary/aromatic N) is 4. The van der Waals surface area contributed by atoms with E-state index in [9.17, 15) is 4.79 Å². The maximum absolute atomic E-state index is 12.5. The van der Waals surface area contributed by atoms with Gasteiger partial charge in [-0.15, -0.1) is 21.5 Å². The van der Waals surface area contributed by atoms with Gasteiger partial charge in [-0.1, -0.05) is 55.9 Å². The highest BCUT2D eigenvalue weighted by Crippen LogP contribution is 2.39. The number of rotatable bonds is 5. The molecule has 0 unspecified atom stereocenters. The number of thioether (sulfide) groups is 1. The van der Waals surface area contributed by atoms with Gasteiger partial charge in [-0.3, -0.25) is 9.20 Å². The van der Waals surface area contributed by atoms with Gasteiger partial charge in [0.15, 0.2) is 16.6 Å². The molecule has 0 saturated carbocycles. The van der Waals surface area contributed by atoms with Crippen molar-refractivity contribution in [3.63, 3.8) is 0 Å². The van der Waals surface area contributed by atoms with Crippen LogP contribution in [0.15, 0.2) is 35.5 Å². The van der Waals surface area contributed by atoms with Crippen molar-refractivity contribution in [1.29, 1.82) is 0 Å². The maximum atomic E-state index is 12.5. The summed E-state index contributed by atoms with van der Waals surface area (Å²) in [6.07, 6.45) is 4.22. The number of fused-ring (bicyclic) bond motifs is 5. The molecule has 29 heavy (non-hydrogen) atoms. The van der Waals surface area contributed by atoms with E-state index in [1.807, 2.05) is 41.7 Å². The second-order valence-electron chi connectivity index (χ2n) is 7.63. The van der Waals surface area contributed by atoms with E-state index >= 15 is 0 Å². The summed E-state index contributed by atoms with van der Waals surface area (Å²) >= 11 is 3.26. The van der Waals surface area contributed by atoms with Gasteiger partial charge in [0.05, 0.1) is 11.1 Å². The lowest BCUT2D eigenvalue weighted by atomic mass is 9.89. The molecule has 0 N–H and O–H groups in total. The highest BCUT2D eigenvalue weighted by Gasteiger charge is 2.25. The van der Waals surface area contributed by atoms with Crippen LogP contribution in [0.5, 0.6) is 0 Å². The second-order valence-corrected chi connectivity index (χ2v) is 9.66. The Kier molecular flexibility index (Phi) is 4.87. The number of hydrogen-bond donors (Lipinski definition) is 0. The fourth-order valence-electron chi connectivity index (χ4n) is 4.05. The lowest BCUT2D eigenvalue weighted by Crippen LogP contribution is -2.09. The molecular weight excluding hydrogens is 400 g/mol. The van der Waals surface area contributed by atoms with Crippen LogP contribution in [0.1, 0.15) is 46.9 Å². The van der Waals surface area contributed by atoms with Crippen molar-refractivity contribution < 1.29 is 4.79 Å². The molecule has 3 aromatic heterocycles. The summed E-state index contributed by atoms with van der Waals surface area (Å²) < 4.78 is 2.07. The standard InChI is InChI=1S/C22H22N4OS2/c1-3-18-23-21-19(15-10-9-13(2)11-17(15)29-21)20-24-25-22(26(18)20)28-12-16(27)14-7-5-4-6-8-14/h4-8,13H,3,9-12H2,1-2H3/t13-/m0/s1. The minimum atomic E-state index is 0.0985. The molecule has 1 aromatic carbocycles. The van der Waals surface area contributed by atoms with Gasteiger partial charge in [0, 0.05) is 16.9 Å². The highest BCUT2D eigenvalue weighted by molar-refractivity contribution is 7.99. The fourth-order valence-corrected chi connectivity index (χ4v) is 6.29. The van der Waals surface area contributed by atoms with Crippen LogP contribution in [0.25, 0.3) is 15.9 Å². The third kappa shape index (κ3) is 3.26. The topological polar surface area (TPSA) is 60.2 Å². The summed E-state index contributed by atoms with van der Waals surface area (Å²) in [5.74, 6) is 2.12. The van der Waals surface area contributed by atoms with Crippen molar-refractivity contribution in [2.75, 3.05) is 5.75 Å². The van der Waals surface area contributed by atoms with E-state index in [0.29, 0.717) is 5.75 Å². The van der Waals surface area contributed by atoms with Gasteiger partial charge in [-0.25, -0.2) is 4.98 Å². The number of thiophene rings is 1. The SMILES string of the molecule is CCc1nc2sc3c(c2c2nnc(SCC(=O)c4ccccc4)n12)CC[C@H](C)C3. The van der Waals surface area contributed by atoms with Crippen LogP contribution in [0.4, 0.5) is 0 Å². The minimum absolute atomic E-state index is 0.0985. The molecule has 0 spiro atoms. The van der Waals surface area contributed by atoms with Crippen molar-refractivity contribution in [2.24, 2.45) is 5.92 Å². The van der Waals surface area contributed by atoms with Crippen molar-refractivity contribution in [3.8, 4) is 0 Å². The first kappa shape index (κ1) is 18.8. The van der Waals surface area contributed by atoms with Gasteiger partial charge in [0.1, 0.15) is 10.7 Å². The van der Waals surface area contributed by atoms with E-state index in [1.54, 1.807) is 0 Å². The number of aryl methyl sites for hydroxylation is 2. The zero-order chi connectivity index (χ0) is 20.0. The lowest BCUT2D eigenvalue weighted by Gasteiger charge is -2.17. The first-order valence-electron chi connectivity index (χ1n) is 10.0. The fraction of sp³-hybridized carbons (Fsp3) is 0.364. The predicted octanol–water partition coefficient (Wildman–Crippen LogP) is 5.00. The van der Waals surface area contributed by atoms with Crippen LogP contribution >= 0.6 is 23.1 Å². The van der Waals surface area contributed by atoms with E-state index in [-0.39, 0.29) is 5.78 Å². The largest absolute Gasteiger partial charge is 0.293 e. The van der Waals surface area contributed by atoms with Crippen LogP contribution in [-0.2, 0) is 19.3 Å². The number of Topliss-reactive ketones (excluding diaryl/α,β-unsaturated/α-hetero) is 1. The van der Waals surface area contributed by atoms with Crippen LogP contribution in [0, 0.1) is 5.92 Å². The Balaban J connectivity index is 1.55. The van der Waals surface area contributed by atoms with Gasteiger partial charge < -0.3 is 0 Å². The molecule has 5 rings (SSSR count). The maximum Gasteiger partial charge on any atom is 0.197 e. The van der Waals surface area contributed by atoms with Gasteiger partial charge in [0.25, 0.3) is 0 Å². The number of hydrogen-bond acceptors (Lipinski definition) is 6. The molecule has 0 amide bonds. The first-order valence-corrected chi connectivity index (χ1v) is 11.8. The highest BCUT2D eigenvalue weighted by atomic mass is 32.2. The molecule has 0 aliphatic heterocycles. The van der Waals surface area contributed by atoms with Gasteiger partial charge in [-0.05, 0) is 30.7 Å². The van der Waals surface area contributed by atoms with Gasteiger partial charge >= 0.3 is 0 Å². The summed E-state index contributed by atoms with van der Waals surface area (Å²) in [6, 6.07) is 9.41. The lowest BCUT2D eigenvalue weighted by molar-refractivity contribution is 0.102. The van der Waals surface area contributed by atoms with Crippen molar-refractivity contribution in [1.82, 2.24) is 19.6 Å². The van der Waals surface area contributed by atoms with E-state index in [0.717, 1.165) is 52.2 Å². The molecule has 5 nitrogen and oxygen atoms in total. The quantitative estimate of drug-likeness (QED) is 0.334. The number of benzene rings is 1. The molecule has 0 fully saturated rings. The Morgan fingerprint density at radius 1 is 1.28 bits per heavy atom. The average Bonchev–Trinajstić information content (AvgIpc) is 3.32. The average molecular weight is 423 g/mol. The van der Waals surface area contributed by atoms with E-state index in [1.165, 1.54) is 34.0 Å². The molecule has 0 radical (unpaired) electrons. The van der Waals surface area contributed by atoms with Crippen LogP contribution in [0.3, 0.4) is 0 Å². The smallest absolute Gasteiger partial charge is 0.197 e. The molecule has 0 bridgehead atoms. The second kappa shape index (κ2) is 7.54. The Hall–Kier alpha value is -2.25. The molecular formula is C22H22N4OS2. The Labute approximate surface area is 177 Å².